The van der Waals surface area contributed by atoms with Crippen LogP contribution in [0.1, 0.15) is 37.7 Å². The van der Waals surface area contributed by atoms with Gasteiger partial charge in [0.1, 0.15) is 5.75 Å². The van der Waals surface area contributed by atoms with Crippen LogP contribution in [0.2, 0.25) is 25.7 Å². The Kier molecular flexibility index (Phi) is 6.12. The minimum absolute atomic E-state index is 0.0746. The van der Waals surface area contributed by atoms with Crippen LogP contribution in [0.15, 0.2) is 24.3 Å². The number of hydrogen-bond donors (Lipinski definition) is 1. The topological polar surface area (TPSA) is 47.9 Å². The molecule has 0 amide bonds. The Hall–Kier alpha value is -0.883. The van der Waals surface area contributed by atoms with E-state index in [9.17, 15) is 5.11 Å². The monoisotopic (exact) mass is 378 g/mol. The van der Waals surface area contributed by atoms with Crippen molar-refractivity contribution in [1.29, 1.82) is 0 Å². The highest BCUT2D eigenvalue weighted by molar-refractivity contribution is 6.76. The summed E-state index contributed by atoms with van der Waals surface area (Å²) in [4.78, 5) is 0. The maximum Gasteiger partial charge on any atom is 0.189 e. The third-order valence-electron chi connectivity index (χ3n) is 6.09. The molecule has 4 nitrogen and oxygen atoms in total. The summed E-state index contributed by atoms with van der Waals surface area (Å²) in [5, 5.41) is 9.31. The molecule has 1 saturated carbocycles. The SMILES string of the molecule is C[Si](C)(C)CCOCOc1cccc(C23CCC(CCO)(CC2)OC3)c1. The zero-order valence-electron chi connectivity index (χ0n) is 16.6. The summed E-state index contributed by atoms with van der Waals surface area (Å²) in [5.41, 5.74) is 1.35. The summed E-state index contributed by atoms with van der Waals surface area (Å²) in [7, 11) is -1.05. The van der Waals surface area contributed by atoms with Gasteiger partial charge in [0.2, 0.25) is 0 Å². The molecule has 146 valence electrons. The zero-order valence-corrected chi connectivity index (χ0v) is 17.6. The van der Waals surface area contributed by atoms with E-state index in [1.165, 1.54) is 5.56 Å². The summed E-state index contributed by atoms with van der Waals surface area (Å²) in [6.07, 6.45) is 5.10. The first-order valence-electron chi connectivity index (χ1n) is 9.93. The van der Waals surface area contributed by atoms with Crippen molar-refractivity contribution in [3.8, 4) is 5.75 Å². The Morgan fingerprint density at radius 2 is 1.92 bits per heavy atom. The second kappa shape index (κ2) is 8.01. The Morgan fingerprint density at radius 1 is 1.15 bits per heavy atom. The third kappa shape index (κ3) is 4.69. The first-order valence-corrected chi connectivity index (χ1v) is 13.6. The average molecular weight is 379 g/mol. The largest absolute Gasteiger partial charge is 0.468 e. The predicted molar refractivity (Wildman–Crippen MR) is 107 cm³/mol. The van der Waals surface area contributed by atoms with Crippen molar-refractivity contribution in [2.24, 2.45) is 0 Å². The van der Waals surface area contributed by atoms with Crippen LogP contribution in [-0.2, 0) is 14.9 Å². The number of hydrogen-bond acceptors (Lipinski definition) is 4. The molecular weight excluding hydrogens is 344 g/mol. The molecule has 5 heteroatoms. The van der Waals surface area contributed by atoms with E-state index in [0.29, 0.717) is 6.79 Å². The summed E-state index contributed by atoms with van der Waals surface area (Å²) < 4.78 is 17.7. The van der Waals surface area contributed by atoms with Gasteiger partial charge in [-0.3, -0.25) is 0 Å². The summed E-state index contributed by atoms with van der Waals surface area (Å²) in [6.45, 7) is 9.12. The second-order valence-electron chi connectivity index (χ2n) is 9.23. The van der Waals surface area contributed by atoms with Gasteiger partial charge >= 0.3 is 0 Å². The van der Waals surface area contributed by atoms with Crippen molar-refractivity contribution in [2.75, 3.05) is 26.6 Å². The van der Waals surface area contributed by atoms with Crippen LogP contribution in [0.3, 0.4) is 0 Å². The Morgan fingerprint density at radius 3 is 2.54 bits per heavy atom. The molecule has 3 fully saturated rings. The van der Waals surface area contributed by atoms with Gasteiger partial charge in [-0.15, -0.1) is 0 Å². The molecule has 26 heavy (non-hydrogen) atoms. The van der Waals surface area contributed by atoms with E-state index < -0.39 is 8.07 Å². The molecule has 0 aromatic heterocycles. The van der Waals surface area contributed by atoms with Crippen LogP contribution >= 0.6 is 0 Å². The number of aliphatic hydroxyl groups is 1. The predicted octanol–water partition coefficient (Wildman–Crippen LogP) is 4.34. The van der Waals surface area contributed by atoms with Gasteiger partial charge in [-0.05, 0) is 55.8 Å². The molecule has 1 aromatic carbocycles. The molecule has 3 aliphatic rings. The number of fused-ring (bicyclic) bond motifs is 3. The molecular formula is C21H34O4Si. The highest BCUT2D eigenvalue weighted by Gasteiger charge is 2.50. The molecule has 0 atom stereocenters. The minimum Gasteiger partial charge on any atom is -0.468 e. The van der Waals surface area contributed by atoms with Gasteiger partial charge in [-0.1, -0.05) is 31.8 Å². The van der Waals surface area contributed by atoms with E-state index in [-0.39, 0.29) is 17.6 Å². The van der Waals surface area contributed by atoms with Crippen molar-refractivity contribution in [3.05, 3.63) is 29.8 Å². The zero-order chi connectivity index (χ0) is 18.7. The summed E-state index contributed by atoms with van der Waals surface area (Å²) >= 11 is 0. The van der Waals surface area contributed by atoms with Gasteiger partial charge in [-0.2, -0.15) is 0 Å². The number of benzene rings is 1. The van der Waals surface area contributed by atoms with E-state index in [0.717, 1.165) is 57.1 Å². The van der Waals surface area contributed by atoms with Crippen LogP contribution in [0.25, 0.3) is 0 Å². The Labute approximate surface area is 158 Å². The fraction of sp³-hybridized carbons (Fsp3) is 0.714. The normalized spacial score (nSPS) is 28.3. The van der Waals surface area contributed by atoms with Gasteiger partial charge in [0.25, 0.3) is 0 Å². The number of rotatable bonds is 9. The van der Waals surface area contributed by atoms with Gasteiger partial charge in [0, 0.05) is 26.7 Å². The van der Waals surface area contributed by atoms with Crippen molar-refractivity contribution in [1.82, 2.24) is 0 Å². The first kappa shape index (κ1) is 19.9. The summed E-state index contributed by atoms with van der Waals surface area (Å²) in [5.74, 6) is 0.877. The Balaban J connectivity index is 1.55. The van der Waals surface area contributed by atoms with Crippen LogP contribution in [-0.4, -0.2) is 45.4 Å². The van der Waals surface area contributed by atoms with Crippen LogP contribution in [0, 0.1) is 0 Å². The van der Waals surface area contributed by atoms with Crippen LogP contribution in [0.4, 0.5) is 0 Å². The molecule has 2 saturated heterocycles. The van der Waals surface area contributed by atoms with Crippen LogP contribution in [0.5, 0.6) is 5.75 Å². The molecule has 2 aliphatic heterocycles. The Bertz CT molecular complexity index is 571. The molecule has 0 unspecified atom stereocenters. The molecule has 1 aliphatic carbocycles. The van der Waals surface area contributed by atoms with Crippen molar-refractivity contribution < 1.29 is 19.3 Å². The van der Waals surface area contributed by atoms with E-state index in [1.54, 1.807) is 0 Å². The van der Waals surface area contributed by atoms with Crippen LogP contribution < -0.4 is 4.74 Å². The van der Waals surface area contributed by atoms with Crippen molar-refractivity contribution in [2.45, 2.75) is 68.8 Å². The van der Waals surface area contributed by atoms with E-state index >= 15 is 0 Å². The minimum atomic E-state index is -1.05. The van der Waals surface area contributed by atoms with E-state index in [2.05, 4.69) is 37.8 Å². The summed E-state index contributed by atoms with van der Waals surface area (Å²) in [6, 6.07) is 9.60. The van der Waals surface area contributed by atoms with E-state index in [4.69, 9.17) is 14.2 Å². The first-order chi connectivity index (χ1) is 12.4. The van der Waals surface area contributed by atoms with Gasteiger partial charge in [0.05, 0.1) is 12.2 Å². The fourth-order valence-corrected chi connectivity index (χ4v) is 4.88. The lowest BCUT2D eigenvalue weighted by Gasteiger charge is -2.53. The number of aliphatic hydroxyl groups excluding tert-OH is 1. The molecule has 4 rings (SSSR count). The third-order valence-corrected chi connectivity index (χ3v) is 7.80. The average Bonchev–Trinajstić information content (AvgIpc) is 2.62. The second-order valence-corrected chi connectivity index (χ2v) is 14.9. The fourth-order valence-electron chi connectivity index (χ4n) is 4.12. The van der Waals surface area contributed by atoms with Gasteiger partial charge in [-0.25, -0.2) is 0 Å². The van der Waals surface area contributed by atoms with E-state index in [1.807, 2.05) is 6.07 Å². The highest BCUT2D eigenvalue weighted by atomic mass is 28.3. The maximum absolute atomic E-state index is 9.31. The maximum atomic E-state index is 9.31. The molecule has 2 bridgehead atoms. The lowest BCUT2D eigenvalue weighted by Crippen LogP contribution is -2.53. The lowest BCUT2D eigenvalue weighted by atomic mass is 9.62. The molecule has 2 heterocycles. The molecule has 0 radical (unpaired) electrons. The lowest BCUT2D eigenvalue weighted by molar-refractivity contribution is -0.164. The van der Waals surface area contributed by atoms with Crippen molar-refractivity contribution in [3.63, 3.8) is 0 Å². The molecule has 0 spiro atoms. The van der Waals surface area contributed by atoms with Gasteiger partial charge < -0.3 is 19.3 Å². The van der Waals surface area contributed by atoms with Crippen molar-refractivity contribution >= 4 is 8.07 Å². The highest BCUT2D eigenvalue weighted by Crippen LogP contribution is 2.51. The molecule has 1 N–H and O–H groups in total. The smallest absolute Gasteiger partial charge is 0.189 e. The number of ether oxygens (including phenoxy) is 3. The van der Waals surface area contributed by atoms with Gasteiger partial charge in [0.15, 0.2) is 6.79 Å². The standard InChI is InChI=1S/C21H34O4Si/c1-26(2,3)14-13-23-17-24-19-6-4-5-18(15-19)20-7-9-21(10-8-20,11-12-22)25-16-20/h4-6,15,22H,7-14,16-17H2,1-3H3. The molecule has 1 aromatic rings. The quantitative estimate of drug-likeness (QED) is 0.394.